The van der Waals surface area contributed by atoms with E-state index in [0.29, 0.717) is 28.9 Å². The first kappa shape index (κ1) is 33.3. The Balaban J connectivity index is 1.95. The first-order valence-corrected chi connectivity index (χ1v) is 14.0. The van der Waals surface area contributed by atoms with Gasteiger partial charge < -0.3 is 25.8 Å². The Kier molecular flexibility index (Phi) is 10.8. The van der Waals surface area contributed by atoms with Crippen LogP contribution >= 0.6 is 0 Å². The minimum Gasteiger partial charge on any atom is -0.465 e. The molecule has 0 heterocycles. The van der Waals surface area contributed by atoms with Gasteiger partial charge in [-0.05, 0) is 91.9 Å². The van der Waals surface area contributed by atoms with Crippen molar-refractivity contribution in [1.82, 2.24) is 5.32 Å². The lowest BCUT2D eigenvalue weighted by atomic mass is 9.91. The van der Waals surface area contributed by atoms with E-state index in [1.165, 1.54) is 13.2 Å². The van der Waals surface area contributed by atoms with Crippen LogP contribution < -0.4 is 16.4 Å². The smallest absolute Gasteiger partial charge is 0.436 e. The number of nitrogens with zero attached hydrogens (tertiary/aromatic N) is 1. The summed E-state index contributed by atoms with van der Waals surface area (Å²) >= 11 is 0. The molecule has 3 aromatic carbocycles. The second kappa shape index (κ2) is 14.3. The molecule has 0 fully saturated rings. The normalized spacial score (nSPS) is 11.5. The molecule has 3 aromatic rings. The van der Waals surface area contributed by atoms with Gasteiger partial charge >= 0.3 is 12.1 Å². The number of aliphatic imine (C=N–C) groups is 1. The number of amidine groups is 1. The molecule has 3 amide bonds. The molecule has 4 N–H and O–H groups in total. The van der Waals surface area contributed by atoms with Gasteiger partial charge in [-0.1, -0.05) is 38.6 Å². The molecule has 0 spiro atoms. The second-order valence-electron chi connectivity index (χ2n) is 11.4. The Morgan fingerprint density at radius 3 is 2.16 bits per heavy atom. The van der Waals surface area contributed by atoms with Gasteiger partial charge in [0.15, 0.2) is 0 Å². The van der Waals surface area contributed by atoms with Crippen LogP contribution in [0.25, 0.3) is 17.2 Å². The van der Waals surface area contributed by atoms with Crippen molar-refractivity contribution >= 4 is 41.5 Å². The van der Waals surface area contributed by atoms with Crippen LogP contribution in [0.2, 0.25) is 0 Å². The zero-order valence-corrected chi connectivity index (χ0v) is 25.8. The van der Waals surface area contributed by atoms with Crippen LogP contribution in [-0.4, -0.2) is 49.0 Å². The quantitative estimate of drug-likeness (QED) is 0.154. The Bertz CT molecular complexity index is 1600. The maximum absolute atomic E-state index is 13.6. The third kappa shape index (κ3) is 8.87. The van der Waals surface area contributed by atoms with Gasteiger partial charge in [0.25, 0.3) is 11.8 Å². The van der Waals surface area contributed by atoms with E-state index in [2.05, 4.69) is 22.2 Å². The van der Waals surface area contributed by atoms with Crippen molar-refractivity contribution in [2.75, 3.05) is 19.0 Å². The number of benzene rings is 3. The van der Waals surface area contributed by atoms with Gasteiger partial charge in [-0.15, -0.1) is 0 Å². The highest BCUT2D eigenvalue weighted by Gasteiger charge is 2.22. The van der Waals surface area contributed by atoms with Crippen LogP contribution in [0.5, 0.6) is 0 Å². The van der Waals surface area contributed by atoms with Crippen molar-refractivity contribution < 1.29 is 28.7 Å². The van der Waals surface area contributed by atoms with Gasteiger partial charge in [0, 0.05) is 28.9 Å². The molecule has 0 aliphatic carbocycles. The summed E-state index contributed by atoms with van der Waals surface area (Å²) in [4.78, 5) is 54.9. The summed E-state index contributed by atoms with van der Waals surface area (Å²) in [7, 11) is 1.25. The van der Waals surface area contributed by atoms with Crippen molar-refractivity contribution in [1.29, 1.82) is 0 Å². The highest BCUT2D eigenvalue weighted by atomic mass is 16.6. The standard InChI is InChI=1S/C34H38N4O6/c1-8-21-9-15-26(31(40)37-24-13-10-22(11-14-24)29(35)38-33(42)44-34(4,5)6)27(17-21)25-16-12-23(18-28(25)32(41)43-7)30(39)36-19-20(2)3/h8-18,20H,1,19H2,2-7H3,(H,36,39)(H,37,40)(H2,35,38,42). The van der Waals surface area contributed by atoms with Crippen LogP contribution in [-0.2, 0) is 9.47 Å². The van der Waals surface area contributed by atoms with E-state index in [1.54, 1.807) is 81.4 Å². The van der Waals surface area contributed by atoms with Crippen molar-refractivity contribution in [3.05, 3.63) is 95.1 Å². The lowest BCUT2D eigenvalue weighted by Gasteiger charge is -2.17. The number of carbonyl (C=O) groups is 4. The summed E-state index contributed by atoms with van der Waals surface area (Å²) in [5.41, 5.74) is 8.43. The predicted octanol–water partition coefficient (Wildman–Crippen LogP) is 6.06. The number of amides is 3. The summed E-state index contributed by atoms with van der Waals surface area (Å²) in [5, 5.41) is 5.69. The predicted molar refractivity (Wildman–Crippen MR) is 172 cm³/mol. The number of rotatable bonds is 9. The first-order chi connectivity index (χ1) is 20.7. The van der Waals surface area contributed by atoms with Crippen LogP contribution in [0.15, 0.2) is 72.2 Å². The van der Waals surface area contributed by atoms with Gasteiger partial charge in [-0.2, -0.15) is 4.99 Å². The molecule has 0 radical (unpaired) electrons. The lowest BCUT2D eigenvalue weighted by molar-refractivity contribution is 0.0592. The molecule has 0 unspecified atom stereocenters. The van der Waals surface area contributed by atoms with E-state index in [1.807, 2.05) is 13.8 Å². The molecule has 0 saturated heterocycles. The number of nitrogens with two attached hydrogens (primary N) is 1. The highest BCUT2D eigenvalue weighted by Crippen LogP contribution is 2.31. The fourth-order valence-electron chi connectivity index (χ4n) is 4.08. The molecule has 0 saturated carbocycles. The molecule has 44 heavy (non-hydrogen) atoms. The molecule has 3 rings (SSSR count). The van der Waals surface area contributed by atoms with E-state index in [0.717, 1.165) is 5.56 Å². The highest BCUT2D eigenvalue weighted by molar-refractivity contribution is 6.11. The monoisotopic (exact) mass is 598 g/mol. The van der Waals surface area contributed by atoms with Gasteiger partial charge in [0.1, 0.15) is 11.4 Å². The van der Waals surface area contributed by atoms with Gasteiger partial charge in [-0.25, -0.2) is 9.59 Å². The van der Waals surface area contributed by atoms with E-state index in [4.69, 9.17) is 15.2 Å². The van der Waals surface area contributed by atoms with E-state index in [-0.39, 0.29) is 34.4 Å². The molecular weight excluding hydrogens is 560 g/mol. The SMILES string of the molecule is C=Cc1ccc(C(=O)Nc2ccc(C(N)=NC(=O)OC(C)(C)C)cc2)c(-c2ccc(C(=O)NCC(C)C)cc2C(=O)OC)c1. The van der Waals surface area contributed by atoms with E-state index < -0.39 is 23.6 Å². The van der Waals surface area contributed by atoms with Crippen LogP contribution in [0.4, 0.5) is 10.5 Å². The number of hydrogen-bond donors (Lipinski definition) is 3. The molecule has 10 heteroatoms. The first-order valence-electron chi connectivity index (χ1n) is 14.0. The topological polar surface area (TPSA) is 149 Å². The summed E-state index contributed by atoms with van der Waals surface area (Å²) in [5.74, 6) is -1.21. The van der Waals surface area contributed by atoms with Gasteiger partial charge in [0.2, 0.25) is 0 Å². The van der Waals surface area contributed by atoms with Crippen molar-refractivity contribution in [3.8, 4) is 11.1 Å². The number of methoxy groups -OCH3 is 1. The summed E-state index contributed by atoms with van der Waals surface area (Å²) in [6.07, 6.45) is 0.817. The number of hydrogen-bond acceptors (Lipinski definition) is 6. The lowest BCUT2D eigenvalue weighted by Crippen LogP contribution is -2.27. The summed E-state index contributed by atoms with van der Waals surface area (Å²) in [6, 6.07) is 16.2. The third-order valence-corrected chi connectivity index (χ3v) is 6.22. The summed E-state index contributed by atoms with van der Waals surface area (Å²) < 4.78 is 10.2. The largest absolute Gasteiger partial charge is 0.465 e. The van der Waals surface area contributed by atoms with Gasteiger partial charge in [-0.3, -0.25) is 9.59 Å². The van der Waals surface area contributed by atoms with E-state index >= 15 is 0 Å². The number of anilines is 1. The number of esters is 1. The van der Waals surface area contributed by atoms with Crippen molar-refractivity contribution in [2.24, 2.45) is 16.6 Å². The molecule has 10 nitrogen and oxygen atoms in total. The van der Waals surface area contributed by atoms with Crippen LogP contribution in [0.3, 0.4) is 0 Å². The molecule has 0 bridgehead atoms. The second-order valence-corrected chi connectivity index (χ2v) is 11.4. The minimum atomic E-state index is -0.807. The fraction of sp³-hybridized carbons (Fsp3) is 0.265. The van der Waals surface area contributed by atoms with Crippen LogP contribution in [0.1, 0.15) is 76.8 Å². The maximum Gasteiger partial charge on any atom is 0.436 e. The number of ether oxygens (including phenoxy) is 2. The number of carbonyl (C=O) groups excluding carboxylic acids is 4. The average molecular weight is 599 g/mol. The molecule has 0 atom stereocenters. The van der Waals surface area contributed by atoms with Gasteiger partial charge in [0.05, 0.1) is 12.7 Å². The third-order valence-electron chi connectivity index (χ3n) is 6.22. The number of nitrogens with one attached hydrogen (secondary N) is 2. The zero-order valence-electron chi connectivity index (χ0n) is 25.8. The summed E-state index contributed by atoms with van der Waals surface area (Å²) in [6.45, 7) is 13.4. The molecule has 230 valence electrons. The minimum absolute atomic E-state index is 0.0314. The molecular formula is C34H38N4O6. The Hall–Kier alpha value is -5.25. The fourth-order valence-corrected chi connectivity index (χ4v) is 4.08. The van der Waals surface area contributed by atoms with E-state index in [9.17, 15) is 19.2 Å². The molecule has 0 aromatic heterocycles. The molecule has 0 aliphatic heterocycles. The Morgan fingerprint density at radius 2 is 1.57 bits per heavy atom. The Morgan fingerprint density at radius 1 is 0.909 bits per heavy atom. The van der Waals surface area contributed by atoms with Crippen molar-refractivity contribution in [3.63, 3.8) is 0 Å². The maximum atomic E-state index is 13.6. The molecule has 0 aliphatic rings. The zero-order chi connectivity index (χ0) is 32.6. The van der Waals surface area contributed by atoms with Crippen LogP contribution in [0, 0.1) is 5.92 Å². The van der Waals surface area contributed by atoms with Crippen molar-refractivity contribution in [2.45, 2.75) is 40.2 Å². The average Bonchev–Trinajstić information content (AvgIpc) is 2.98. The Labute approximate surface area is 257 Å².